The Labute approximate surface area is 176 Å². The van der Waals surface area contributed by atoms with Crippen LogP contribution in [0.5, 0.6) is 0 Å². The number of hydrogen-bond acceptors (Lipinski definition) is 3. The van der Waals surface area contributed by atoms with Gasteiger partial charge in [-0.1, -0.05) is 6.42 Å². The summed E-state index contributed by atoms with van der Waals surface area (Å²) in [7, 11) is 1.91. The van der Waals surface area contributed by atoms with Crippen molar-refractivity contribution in [3.63, 3.8) is 0 Å². The van der Waals surface area contributed by atoms with Crippen LogP contribution in [0.2, 0.25) is 0 Å². The molecule has 1 aliphatic heterocycles. The largest absolute Gasteiger partial charge is 0.378 e. The molecule has 2 saturated carbocycles. The number of aliphatic imine (C=N–C) groups is 1. The Morgan fingerprint density at radius 1 is 1.23 bits per heavy atom. The first-order chi connectivity index (χ1) is 11.9. The number of guanidine groups is 1. The van der Waals surface area contributed by atoms with Crippen LogP contribution in [0.4, 0.5) is 0 Å². The van der Waals surface area contributed by atoms with E-state index >= 15 is 0 Å². The van der Waals surface area contributed by atoms with Gasteiger partial charge in [-0.2, -0.15) is 0 Å². The van der Waals surface area contributed by atoms with Crippen molar-refractivity contribution in [1.29, 1.82) is 0 Å². The Balaban J connectivity index is 0.00000243. The molecule has 2 unspecified atom stereocenters. The zero-order chi connectivity index (χ0) is 18.1. The van der Waals surface area contributed by atoms with E-state index in [1.165, 1.54) is 19.3 Å². The van der Waals surface area contributed by atoms with Crippen LogP contribution in [0.25, 0.3) is 0 Å². The molecule has 1 saturated heterocycles. The number of piperidine rings is 1. The van der Waals surface area contributed by atoms with Crippen LogP contribution in [0, 0.1) is 5.41 Å². The third kappa shape index (κ3) is 4.66. The average Bonchev–Trinajstić information content (AvgIpc) is 2.48. The topological polar surface area (TPSA) is 46.1 Å². The lowest BCUT2D eigenvalue weighted by molar-refractivity contribution is -0.169. The molecule has 6 heteroatoms. The summed E-state index contributed by atoms with van der Waals surface area (Å²) >= 11 is 0. The SMILES string of the molecule is CCOC1CC(NC(=NC)N2CCC(OC(C)(C)C)CC2)C12CCC2.I. The molecule has 3 rings (SSSR count). The highest BCUT2D eigenvalue weighted by atomic mass is 127. The minimum Gasteiger partial charge on any atom is -0.378 e. The summed E-state index contributed by atoms with van der Waals surface area (Å²) in [5.41, 5.74) is 0.323. The maximum atomic E-state index is 6.15. The molecular formula is C20H38IN3O2. The van der Waals surface area contributed by atoms with Gasteiger partial charge in [0, 0.05) is 38.2 Å². The Morgan fingerprint density at radius 2 is 1.88 bits per heavy atom. The second-order valence-electron chi connectivity index (χ2n) is 8.93. The first kappa shape index (κ1) is 22.2. The maximum Gasteiger partial charge on any atom is 0.193 e. The molecule has 0 aromatic heterocycles. The second-order valence-corrected chi connectivity index (χ2v) is 8.93. The highest BCUT2D eigenvalue weighted by Gasteiger charge is 2.59. The molecule has 1 spiro atoms. The van der Waals surface area contributed by atoms with Gasteiger partial charge in [-0.3, -0.25) is 4.99 Å². The molecule has 0 aromatic carbocycles. The monoisotopic (exact) mass is 479 g/mol. The van der Waals surface area contributed by atoms with Gasteiger partial charge in [-0.05, 0) is 59.8 Å². The van der Waals surface area contributed by atoms with Crippen molar-refractivity contribution in [3.8, 4) is 0 Å². The first-order valence-electron chi connectivity index (χ1n) is 10.2. The molecule has 0 radical (unpaired) electrons. The minimum atomic E-state index is -0.0520. The summed E-state index contributed by atoms with van der Waals surface area (Å²) < 4.78 is 12.1. The summed E-state index contributed by atoms with van der Waals surface area (Å²) in [6, 6.07) is 0.528. The van der Waals surface area contributed by atoms with Crippen LogP contribution in [-0.4, -0.2) is 61.5 Å². The number of nitrogens with zero attached hydrogens (tertiary/aromatic N) is 2. The summed E-state index contributed by atoms with van der Waals surface area (Å²) in [5, 5.41) is 3.77. The van der Waals surface area contributed by atoms with Gasteiger partial charge in [0.15, 0.2) is 5.96 Å². The number of hydrogen-bond donors (Lipinski definition) is 1. The molecule has 2 atom stereocenters. The van der Waals surface area contributed by atoms with E-state index in [2.05, 4.69) is 42.9 Å². The fourth-order valence-electron chi connectivity index (χ4n) is 4.78. The summed E-state index contributed by atoms with van der Waals surface area (Å²) in [6.45, 7) is 11.4. The van der Waals surface area contributed by atoms with Crippen LogP contribution < -0.4 is 5.32 Å². The van der Waals surface area contributed by atoms with E-state index in [1.54, 1.807) is 0 Å². The maximum absolute atomic E-state index is 6.15. The fourth-order valence-corrected chi connectivity index (χ4v) is 4.78. The lowest BCUT2D eigenvalue weighted by Crippen LogP contribution is -2.69. The van der Waals surface area contributed by atoms with E-state index < -0.39 is 0 Å². The number of likely N-dealkylation sites (tertiary alicyclic amines) is 1. The molecule has 1 N–H and O–H groups in total. The van der Waals surface area contributed by atoms with Crippen LogP contribution in [0.15, 0.2) is 4.99 Å². The molecular weight excluding hydrogens is 441 g/mol. The van der Waals surface area contributed by atoms with Crippen molar-refractivity contribution in [2.75, 3.05) is 26.7 Å². The van der Waals surface area contributed by atoms with Crippen LogP contribution in [0.3, 0.4) is 0 Å². The second kappa shape index (κ2) is 8.95. The Kier molecular flexibility index (Phi) is 7.64. The van der Waals surface area contributed by atoms with Crippen molar-refractivity contribution in [2.45, 2.75) is 90.1 Å². The van der Waals surface area contributed by atoms with E-state index in [9.17, 15) is 0 Å². The number of rotatable bonds is 4. The van der Waals surface area contributed by atoms with E-state index in [4.69, 9.17) is 9.47 Å². The number of halogens is 1. The van der Waals surface area contributed by atoms with E-state index in [0.717, 1.165) is 44.9 Å². The third-order valence-corrected chi connectivity index (χ3v) is 6.21. The van der Waals surface area contributed by atoms with E-state index in [-0.39, 0.29) is 29.6 Å². The Morgan fingerprint density at radius 3 is 2.35 bits per heavy atom. The van der Waals surface area contributed by atoms with Crippen LogP contribution >= 0.6 is 24.0 Å². The van der Waals surface area contributed by atoms with Crippen LogP contribution in [0.1, 0.15) is 66.2 Å². The predicted molar refractivity (Wildman–Crippen MR) is 117 cm³/mol. The normalized spacial score (nSPS) is 29.0. The number of nitrogens with one attached hydrogen (secondary N) is 1. The Hall–Kier alpha value is -0.0800. The molecule has 3 aliphatic rings. The summed E-state index contributed by atoms with van der Waals surface area (Å²) in [6.07, 6.45) is 8.05. The lowest BCUT2D eigenvalue weighted by Gasteiger charge is -2.61. The molecule has 5 nitrogen and oxygen atoms in total. The highest BCUT2D eigenvalue weighted by Crippen LogP contribution is 2.57. The molecule has 26 heavy (non-hydrogen) atoms. The van der Waals surface area contributed by atoms with Crippen molar-refractivity contribution < 1.29 is 9.47 Å². The highest BCUT2D eigenvalue weighted by molar-refractivity contribution is 14.0. The van der Waals surface area contributed by atoms with Gasteiger partial charge in [0.25, 0.3) is 0 Å². The molecule has 2 aliphatic carbocycles. The van der Waals surface area contributed by atoms with Crippen LogP contribution in [-0.2, 0) is 9.47 Å². The Bertz CT molecular complexity index is 480. The van der Waals surface area contributed by atoms with E-state index in [0.29, 0.717) is 23.7 Å². The molecule has 0 aromatic rings. The lowest BCUT2D eigenvalue weighted by atomic mass is 9.51. The summed E-state index contributed by atoms with van der Waals surface area (Å²) in [5.74, 6) is 1.07. The molecule has 0 amide bonds. The fraction of sp³-hybridized carbons (Fsp3) is 0.950. The average molecular weight is 479 g/mol. The van der Waals surface area contributed by atoms with Crippen molar-refractivity contribution in [2.24, 2.45) is 10.4 Å². The quantitative estimate of drug-likeness (QED) is 0.379. The smallest absolute Gasteiger partial charge is 0.193 e. The molecule has 152 valence electrons. The third-order valence-electron chi connectivity index (χ3n) is 6.21. The minimum absolute atomic E-state index is 0. The van der Waals surface area contributed by atoms with Crippen molar-refractivity contribution >= 4 is 29.9 Å². The van der Waals surface area contributed by atoms with Crippen molar-refractivity contribution in [1.82, 2.24) is 10.2 Å². The van der Waals surface area contributed by atoms with Gasteiger partial charge in [0.05, 0.1) is 17.8 Å². The number of ether oxygens (including phenoxy) is 2. The molecule has 1 heterocycles. The van der Waals surface area contributed by atoms with Gasteiger partial charge in [-0.25, -0.2) is 0 Å². The van der Waals surface area contributed by atoms with Gasteiger partial charge in [-0.15, -0.1) is 24.0 Å². The van der Waals surface area contributed by atoms with E-state index in [1.807, 2.05) is 7.05 Å². The first-order valence-corrected chi connectivity index (χ1v) is 10.2. The summed E-state index contributed by atoms with van der Waals surface area (Å²) in [4.78, 5) is 6.98. The predicted octanol–water partition coefficient (Wildman–Crippen LogP) is 3.81. The standard InChI is InChI=1S/C20H37N3O2.HI/c1-6-24-17-14-16(20(17)10-7-11-20)22-18(21-5)23-12-8-15(9-13-23)25-19(2,3)4;/h15-17H,6-14H2,1-5H3,(H,21,22);1H. The van der Waals surface area contributed by atoms with Crippen molar-refractivity contribution in [3.05, 3.63) is 0 Å². The molecule has 0 bridgehead atoms. The zero-order valence-corrected chi connectivity index (χ0v) is 19.5. The molecule has 3 fully saturated rings. The van der Waals surface area contributed by atoms with Gasteiger partial charge in [0.1, 0.15) is 0 Å². The van der Waals surface area contributed by atoms with Gasteiger partial charge in [0.2, 0.25) is 0 Å². The van der Waals surface area contributed by atoms with Gasteiger partial charge < -0.3 is 19.7 Å². The zero-order valence-electron chi connectivity index (χ0n) is 17.2. The van der Waals surface area contributed by atoms with Gasteiger partial charge >= 0.3 is 0 Å².